The standard InChI is InChI=1S/C9H12BrNOS/c1-12-4-5-13-9-6-7(10)2-3-8(9)11/h2-3,6H,4-5,11H2,1H3. The molecule has 2 N–H and O–H groups in total. The quantitative estimate of drug-likeness (QED) is 0.515. The fourth-order valence-corrected chi connectivity index (χ4v) is 2.30. The maximum Gasteiger partial charge on any atom is 0.0556 e. The number of hydrogen-bond donors (Lipinski definition) is 1. The van der Waals surface area contributed by atoms with Crippen molar-refractivity contribution < 1.29 is 4.74 Å². The minimum absolute atomic E-state index is 0.747. The Hall–Kier alpha value is -0.190. The molecule has 1 aromatic rings. The summed E-state index contributed by atoms with van der Waals surface area (Å²) >= 11 is 5.11. The van der Waals surface area contributed by atoms with Crippen LogP contribution in [0, 0.1) is 0 Å². The van der Waals surface area contributed by atoms with Gasteiger partial charge in [-0.25, -0.2) is 0 Å². The maximum absolute atomic E-state index is 5.79. The van der Waals surface area contributed by atoms with Gasteiger partial charge in [0.05, 0.1) is 6.61 Å². The van der Waals surface area contributed by atoms with Crippen LogP contribution in [0.25, 0.3) is 0 Å². The highest BCUT2D eigenvalue weighted by Crippen LogP contribution is 2.27. The van der Waals surface area contributed by atoms with Crippen molar-refractivity contribution in [2.45, 2.75) is 4.90 Å². The lowest BCUT2D eigenvalue weighted by Crippen LogP contribution is -1.93. The summed E-state index contributed by atoms with van der Waals surface area (Å²) in [6, 6.07) is 5.87. The van der Waals surface area contributed by atoms with Crippen molar-refractivity contribution in [1.82, 2.24) is 0 Å². The molecule has 0 saturated heterocycles. The van der Waals surface area contributed by atoms with Crippen LogP contribution in [0.5, 0.6) is 0 Å². The summed E-state index contributed by atoms with van der Waals surface area (Å²) in [5.74, 6) is 0.928. The van der Waals surface area contributed by atoms with E-state index in [1.807, 2.05) is 18.2 Å². The van der Waals surface area contributed by atoms with Crippen molar-refractivity contribution >= 4 is 33.4 Å². The zero-order chi connectivity index (χ0) is 9.68. The first-order chi connectivity index (χ1) is 6.24. The first-order valence-corrected chi connectivity index (χ1v) is 5.68. The molecule has 0 spiro atoms. The molecule has 0 heterocycles. The highest BCUT2D eigenvalue weighted by atomic mass is 79.9. The van der Waals surface area contributed by atoms with E-state index in [-0.39, 0.29) is 0 Å². The second-order valence-corrected chi connectivity index (χ2v) is 4.58. The fourth-order valence-electron chi connectivity index (χ4n) is 0.868. The third-order valence-electron chi connectivity index (χ3n) is 1.52. The molecular formula is C9H12BrNOS. The van der Waals surface area contributed by atoms with Gasteiger partial charge in [-0.3, -0.25) is 0 Å². The number of nitrogen functional groups attached to an aromatic ring is 1. The van der Waals surface area contributed by atoms with Gasteiger partial charge in [-0.1, -0.05) is 15.9 Å². The zero-order valence-corrected chi connectivity index (χ0v) is 9.82. The number of methoxy groups -OCH3 is 1. The molecule has 0 saturated carbocycles. The normalized spacial score (nSPS) is 10.3. The van der Waals surface area contributed by atoms with E-state index in [1.165, 1.54) is 0 Å². The average Bonchev–Trinajstić information content (AvgIpc) is 2.11. The van der Waals surface area contributed by atoms with Gasteiger partial charge in [0.1, 0.15) is 0 Å². The van der Waals surface area contributed by atoms with Gasteiger partial charge in [0.25, 0.3) is 0 Å². The van der Waals surface area contributed by atoms with Gasteiger partial charge >= 0.3 is 0 Å². The third kappa shape index (κ3) is 3.58. The number of hydrogen-bond acceptors (Lipinski definition) is 3. The maximum atomic E-state index is 5.79. The van der Waals surface area contributed by atoms with Crippen molar-refractivity contribution in [1.29, 1.82) is 0 Å². The topological polar surface area (TPSA) is 35.2 Å². The Balaban J connectivity index is 2.59. The van der Waals surface area contributed by atoms with Crippen LogP contribution in [0.2, 0.25) is 0 Å². The summed E-state index contributed by atoms with van der Waals surface area (Å²) in [7, 11) is 1.70. The van der Waals surface area contributed by atoms with E-state index in [2.05, 4.69) is 15.9 Å². The van der Waals surface area contributed by atoms with Crippen molar-refractivity contribution in [3.8, 4) is 0 Å². The molecule has 72 valence electrons. The Kier molecular flexibility index (Phi) is 4.62. The third-order valence-corrected chi connectivity index (χ3v) is 3.05. The highest BCUT2D eigenvalue weighted by molar-refractivity contribution is 9.10. The van der Waals surface area contributed by atoms with Crippen LogP contribution in [0.4, 0.5) is 5.69 Å². The van der Waals surface area contributed by atoms with Gasteiger partial charge in [0.2, 0.25) is 0 Å². The number of halogens is 1. The SMILES string of the molecule is COCCSc1cc(Br)ccc1N. The first-order valence-electron chi connectivity index (χ1n) is 3.91. The summed E-state index contributed by atoms with van der Waals surface area (Å²) in [4.78, 5) is 1.10. The summed E-state index contributed by atoms with van der Waals surface area (Å²) in [5, 5.41) is 0. The molecule has 0 aromatic heterocycles. The average molecular weight is 262 g/mol. The Morgan fingerprint density at radius 1 is 1.54 bits per heavy atom. The van der Waals surface area contributed by atoms with Gasteiger partial charge in [-0.15, -0.1) is 11.8 Å². The summed E-state index contributed by atoms with van der Waals surface area (Å²) in [6.45, 7) is 0.747. The molecule has 1 aromatic carbocycles. The monoisotopic (exact) mass is 261 g/mol. The van der Waals surface area contributed by atoms with E-state index in [0.29, 0.717) is 0 Å². The molecule has 0 amide bonds. The predicted octanol–water partition coefficient (Wildman–Crippen LogP) is 2.77. The Bertz CT molecular complexity index is 280. The van der Waals surface area contributed by atoms with E-state index >= 15 is 0 Å². The van der Waals surface area contributed by atoms with Gasteiger partial charge < -0.3 is 10.5 Å². The second-order valence-electron chi connectivity index (χ2n) is 2.52. The summed E-state index contributed by atoms with van der Waals surface area (Å²) in [5.41, 5.74) is 6.61. The lowest BCUT2D eigenvalue weighted by atomic mass is 10.3. The number of nitrogens with two attached hydrogens (primary N) is 1. The number of ether oxygens (including phenoxy) is 1. The second kappa shape index (κ2) is 5.52. The number of anilines is 1. The van der Waals surface area contributed by atoms with E-state index < -0.39 is 0 Å². The Morgan fingerprint density at radius 2 is 2.31 bits per heavy atom. The van der Waals surface area contributed by atoms with Gasteiger partial charge in [-0.2, -0.15) is 0 Å². The van der Waals surface area contributed by atoms with Crippen LogP contribution < -0.4 is 5.73 Å². The lowest BCUT2D eigenvalue weighted by Gasteiger charge is -2.04. The highest BCUT2D eigenvalue weighted by Gasteiger charge is 1.99. The predicted molar refractivity (Wildman–Crippen MR) is 61.2 cm³/mol. The van der Waals surface area contributed by atoms with Crippen molar-refractivity contribution in [3.05, 3.63) is 22.7 Å². The van der Waals surface area contributed by atoms with Gasteiger partial charge in [-0.05, 0) is 18.2 Å². The smallest absolute Gasteiger partial charge is 0.0556 e. The molecule has 1 rings (SSSR count). The van der Waals surface area contributed by atoms with Crippen molar-refractivity contribution in [2.75, 3.05) is 25.2 Å². The zero-order valence-electron chi connectivity index (χ0n) is 7.42. The van der Waals surface area contributed by atoms with E-state index in [9.17, 15) is 0 Å². The Morgan fingerprint density at radius 3 is 3.00 bits per heavy atom. The molecular weight excluding hydrogens is 250 g/mol. The van der Waals surface area contributed by atoms with Crippen LogP contribution in [0.3, 0.4) is 0 Å². The molecule has 0 bridgehead atoms. The van der Waals surface area contributed by atoms with Crippen molar-refractivity contribution in [3.63, 3.8) is 0 Å². The minimum atomic E-state index is 0.747. The van der Waals surface area contributed by atoms with Gasteiger partial charge in [0.15, 0.2) is 0 Å². The molecule has 0 aliphatic heterocycles. The molecule has 0 atom stereocenters. The molecule has 4 heteroatoms. The van der Waals surface area contributed by atoms with E-state index in [0.717, 1.165) is 27.4 Å². The number of thioether (sulfide) groups is 1. The van der Waals surface area contributed by atoms with E-state index in [1.54, 1.807) is 18.9 Å². The molecule has 0 fully saturated rings. The van der Waals surface area contributed by atoms with E-state index in [4.69, 9.17) is 10.5 Å². The van der Waals surface area contributed by atoms with Gasteiger partial charge in [0, 0.05) is 27.9 Å². The van der Waals surface area contributed by atoms with Crippen LogP contribution in [0.15, 0.2) is 27.6 Å². The molecule has 13 heavy (non-hydrogen) atoms. The molecule has 0 radical (unpaired) electrons. The molecule has 0 aliphatic rings. The van der Waals surface area contributed by atoms with Crippen LogP contribution in [-0.2, 0) is 4.74 Å². The lowest BCUT2D eigenvalue weighted by molar-refractivity contribution is 0.218. The van der Waals surface area contributed by atoms with Crippen LogP contribution in [0.1, 0.15) is 0 Å². The summed E-state index contributed by atoms with van der Waals surface area (Å²) in [6.07, 6.45) is 0. The Labute approximate surface area is 91.0 Å². The number of benzene rings is 1. The van der Waals surface area contributed by atoms with Crippen LogP contribution >= 0.6 is 27.7 Å². The minimum Gasteiger partial charge on any atom is -0.398 e. The van der Waals surface area contributed by atoms with Crippen molar-refractivity contribution in [2.24, 2.45) is 0 Å². The molecule has 2 nitrogen and oxygen atoms in total. The first kappa shape index (κ1) is 10.9. The fraction of sp³-hybridized carbons (Fsp3) is 0.333. The molecule has 0 aliphatic carbocycles. The largest absolute Gasteiger partial charge is 0.398 e. The summed E-state index contributed by atoms with van der Waals surface area (Å²) < 4.78 is 6.02. The molecule has 0 unspecified atom stereocenters. The number of rotatable bonds is 4. The van der Waals surface area contributed by atoms with Crippen LogP contribution in [-0.4, -0.2) is 19.5 Å².